The zero-order valence-electron chi connectivity index (χ0n) is 11.3. The number of aromatic carboxylic acids is 1. The molecular formula is C13H16ClNO5S. The maximum atomic E-state index is 11.2. The van der Waals surface area contributed by atoms with Crippen molar-refractivity contribution in [3.05, 3.63) is 23.8 Å². The molecule has 1 fully saturated rings. The van der Waals surface area contributed by atoms with Gasteiger partial charge in [-0.2, -0.15) is 0 Å². The van der Waals surface area contributed by atoms with Crippen LogP contribution in [0.15, 0.2) is 23.1 Å². The molecule has 0 atom stereocenters. The largest absolute Gasteiger partial charge is 0.491 e. The molecule has 0 saturated carbocycles. The lowest BCUT2D eigenvalue weighted by Gasteiger charge is -2.16. The second-order valence-corrected chi connectivity index (χ2v) is 7.36. The summed E-state index contributed by atoms with van der Waals surface area (Å²) in [5, 5.41) is 9.14. The van der Waals surface area contributed by atoms with E-state index in [0.717, 1.165) is 19.2 Å². The minimum atomic E-state index is -3.96. The first-order valence-corrected chi connectivity index (χ1v) is 8.86. The zero-order chi connectivity index (χ0) is 15.5. The Morgan fingerprint density at radius 1 is 1.33 bits per heavy atom. The topological polar surface area (TPSA) is 83.9 Å². The van der Waals surface area contributed by atoms with E-state index in [4.69, 9.17) is 20.5 Å². The molecule has 1 aromatic carbocycles. The summed E-state index contributed by atoms with van der Waals surface area (Å²) in [5.41, 5.74) is -0.210. The standard InChI is InChI=1S/C13H16ClNO5S/c14-21(18,19)10-3-4-12(11(9-10)13(16)17)20-8-7-15-5-1-2-6-15/h3-4,9H,1-2,5-8H2,(H,16,17). The molecule has 8 heteroatoms. The predicted molar refractivity (Wildman–Crippen MR) is 77.6 cm³/mol. The Bertz CT molecular complexity index is 625. The Labute approximate surface area is 127 Å². The molecule has 0 radical (unpaired) electrons. The quantitative estimate of drug-likeness (QED) is 0.799. The molecule has 1 aliphatic heterocycles. The van der Waals surface area contributed by atoms with Crippen molar-refractivity contribution in [2.45, 2.75) is 17.7 Å². The molecule has 1 saturated heterocycles. The Hall–Kier alpha value is -1.31. The molecule has 1 heterocycles. The maximum Gasteiger partial charge on any atom is 0.339 e. The molecule has 0 unspecified atom stereocenters. The zero-order valence-corrected chi connectivity index (χ0v) is 12.9. The van der Waals surface area contributed by atoms with Crippen LogP contribution in [0.2, 0.25) is 0 Å². The summed E-state index contributed by atoms with van der Waals surface area (Å²) in [6.45, 7) is 3.12. The van der Waals surface area contributed by atoms with Gasteiger partial charge in [-0.25, -0.2) is 13.2 Å². The van der Waals surface area contributed by atoms with Crippen LogP contribution in [0.4, 0.5) is 0 Å². The fourth-order valence-corrected chi connectivity index (χ4v) is 3.02. The second kappa shape index (κ2) is 6.64. The minimum Gasteiger partial charge on any atom is -0.491 e. The summed E-state index contributed by atoms with van der Waals surface area (Å²) in [5.74, 6) is -1.11. The van der Waals surface area contributed by atoms with Crippen LogP contribution in [-0.2, 0) is 9.05 Å². The van der Waals surface area contributed by atoms with E-state index in [1.807, 2.05) is 0 Å². The van der Waals surface area contributed by atoms with Crippen molar-refractivity contribution in [1.29, 1.82) is 0 Å². The van der Waals surface area contributed by atoms with Crippen molar-refractivity contribution >= 4 is 25.7 Å². The van der Waals surface area contributed by atoms with Crippen LogP contribution in [0.3, 0.4) is 0 Å². The number of carboxylic acids is 1. The van der Waals surface area contributed by atoms with Crippen molar-refractivity contribution in [2.75, 3.05) is 26.2 Å². The molecule has 0 bridgehead atoms. The number of halogens is 1. The highest BCUT2D eigenvalue weighted by Gasteiger charge is 2.18. The lowest BCUT2D eigenvalue weighted by Crippen LogP contribution is -2.25. The van der Waals surface area contributed by atoms with E-state index in [9.17, 15) is 13.2 Å². The third kappa shape index (κ3) is 4.33. The number of carboxylic acid groups (broad SMARTS) is 1. The van der Waals surface area contributed by atoms with Crippen LogP contribution in [0.1, 0.15) is 23.2 Å². The smallest absolute Gasteiger partial charge is 0.339 e. The van der Waals surface area contributed by atoms with Crippen molar-refractivity contribution in [3.8, 4) is 5.75 Å². The van der Waals surface area contributed by atoms with E-state index in [1.54, 1.807) is 0 Å². The number of carbonyl (C=O) groups is 1. The normalized spacial score (nSPS) is 16.0. The van der Waals surface area contributed by atoms with Gasteiger partial charge in [-0.1, -0.05) is 0 Å². The monoisotopic (exact) mass is 333 g/mol. The fourth-order valence-electron chi connectivity index (χ4n) is 2.24. The molecule has 1 aliphatic rings. The van der Waals surface area contributed by atoms with E-state index >= 15 is 0 Å². The first-order chi connectivity index (χ1) is 9.88. The number of rotatable bonds is 6. The van der Waals surface area contributed by atoms with Gasteiger partial charge < -0.3 is 9.84 Å². The molecule has 0 spiro atoms. The van der Waals surface area contributed by atoms with Gasteiger partial charge in [0.2, 0.25) is 0 Å². The third-order valence-electron chi connectivity index (χ3n) is 3.33. The van der Waals surface area contributed by atoms with E-state index in [2.05, 4.69) is 4.90 Å². The first-order valence-electron chi connectivity index (χ1n) is 6.55. The van der Waals surface area contributed by atoms with Gasteiger partial charge in [0.25, 0.3) is 9.05 Å². The molecule has 116 valence electrons. The van der Waals surface area contributed by atoms with Crippen LogP contribution < -0.4 is 4.74 Å². The Morgan fingerprint density at radius 3 is 2.57 bits per heavy atom. The lowest BCUT2D eigenvalue weighted by atomic mass is 10.2. The molecule has 6 nitrogen and oxygen atoms in total. The highest BCUT2D eigenvalue weighted by atomic mass is 35.7. The van der Waals surface area contributed by atoms with Crippen molar-refractivity contribution < 1.29 is 23.1 Å². The summed E-state index contributed by atoms with van der Waals surface area (Å²) in [6.07, 6.45) is 2.34. The average molecular weight is 334 g/mol. The molecule has 1 aromatic rings. The summed E-state index contributed by atoms with van der Waals surface area (Å²) in [7, 11) is 1.25. The number of hydrogen-bond donors (Lipinski definition) is 1. The van der Waals surface area contributed by atoms with E-state index < -0.39 is 15.0 Å². The van der Waals surface area contributed by atoms with Gasteiger partial charge in [0.05, 0.1) is 4.90 Å². The molecule has 2 rings (SSSR count). The van der Waals surface area contributed by atoms with Crippen molar-refractivity contribution in [3.63, 3.8) is 0 Å². The van der Waals surface area contributed by atoms with Crippen LogP contribution in [0, 0.1) is 0 Å². The lowest BCUT2D eigenvalue weighted by molar-refractivity contribution is 0.0691. The van der Waals surface area contributed by atoms with Gasteiger partial charge >= 0.3 is 5.97 Å². The summed E-state index contributed by atoms with van der Waals surface area (Å²) in [4.78, 5) is 13.2. The van der Waals surface area contributed by atoms with Gasteiger partial charge in [-0.05, 0) is 44.1 Å². The van der Waals surface area contributed by atoms with E-state index in [0.29, 0.717) is 13.2 Å². The number of likely N-dealkylation sites (tertiary alicyclic amines) is 1. The fraction of sp³-hybridized carbons (Fsp3) is 0.462. The Morgan fingerprint density at radius 2 is 2.00 bits per heavy atom. The summed E-state index contributed by atoms with van der Waals surface area (Å²) in [6, 6.07) is 3.57. The number of nitrogens with zero attached hydrogens (tertiary/aromatic N) is 1. The van der Waals surface area contributed by atoms with E-state index in [1.165, 1.54) is 25.0 Å². The number of ether oxygens (including phenoxy) is 1. The van der Waals surface area contributed by atoms with Crippen LogP contribution in [0.5, 0.6) is 5.75 Å². The highest BCUT2D eigenvalue weighted by molar-refractivity contribution is 8.13. The Balaban J connectivity index is 2.09. The molecule has 1 N–H and O–H groups in total. The highest BCUT2D eigenvalue weighted by Crippen LogP contribution is 2.25. The first kappa shape index (κ1) is 16.1. The van der Waals surface area contributed by atoms with Gasteiger partial charge in [-0.3, -0.25) is 4.90 Å². The molecule has 0 aliphatic carbocycles. The summed E-state index contributed by atoms with van der Waals surface area (Å²) < 4.78 is 27.9. The van der Waals surface area contributed by atoms with Crippen molar-refractivity contribution in [1.82, 2.24) is 4.90 Å². The van der Waals surface area contributed by atoms with Gasteiger partial charge in [0, 0.05) is 17.2 Å². The van der Waals surface area contributed by atoms with Gasteiger partial charge in [0.1, 0.15) is 17.9 Å². The SMILES string of the molecule is O=C(O)c1cc(S(=O)(=O)Cl)ccc1OCCN1CCCC1. The average Bonchev–Trinajstić information content (AvgIpc) is 2.90. The predicted octanol–water partition coefficient (Wildman–Crippen LogP) is 1.79. The number of hydrogen-bond acceptors (Lipinski definition) is 5. The molecule has 0 amide bonds. The van der Waals surface area contributed by atoms with Crippen LogP contribution in [0.25, 0.3) is 0 Å². The molecular weight excluding hydrogens is 318 g/mol. The van der Waals surface area contributed by atoms with Gasteiger partial charge in [-0.15, -0.1) is 0 Å². The number of benzene rings is 1. The van der Waals surface area contributed by atoms with Crippen LogP contribution >= 0.6 is 10.7 Å². The van der Waals surface area contributed by atoms with Crippen LogP contribution in [-0.4, -0.2) is 50.6 Å². The maximum absolute atomic E-state index is 11.2. The van der Waals surface area contributed by atoms with E-state index in [-0.39, 0.29) is 16.2 Å². The minimum absolute atomic E-state index is 0.144. The molecule has 21 heavy (non-hydrogen) atoms. The molecule has 0 aromatic heterocycles. The third-order valence-corrected chi connectivity index (χ3v) is 4.68. The van der Waals surface area contributed by atoms with Crippen molar-refractivity contribution in [2.24, 2.45) is 0 Å². The second-order valence-electron chi connectivity index (χ2n) is 4.80. The Kier molecular flexibility index (Phi) is 5.08. The summed E-state index contributed by atoms with van der Waals surface area (Å²) >= 11 is 0. The van der Waals surface area contributed by atoms with Gasteiger partial charge in [0.15, 0.2) is 0 Å².